The van der Waals surface area contributed by atoms with Crippen molar-refractivity contribution in [3.05, 3.63) is 64.9 Å². The van der Waals surface area contributed by atoms with Crippen molar-refractivity contribution in [3.8, 4) is 11.5 Å². The number of aromatic amines is 1. The molecule has 2 aromatic carbocycles. The smallest absolute Gasteiger partial charge is 0.245 e. The molecule has 0 fully saturated rings. The lowest BCUT2D eigenvalue weighted by Crippen LogP contribution is -2.08. The van der Waals surface area contributed by atoms with E-state index in [4.69, 9.17) is 9.47 Å². The van der Waals surface area contributed by atoms with Gasteiger partial charge in [-0.25, -0.2) is 10.1 Å². The maximum atomic E-state index is 5.65. The van der Waals surface area contributed by atoms with E-state index in [0.717, 1.165) is 21.5 Å². The van der Waals surface area contributed by atoms with Gasteiger partial charge in [0, 0.05) is 10.7 Å². The third-order valence-electron chi connectivity index (χ3n) is 3.05. The van der Waals surface area contributed by atoms with Gasteiger partial charge in [-0.2, -0.15) is 10.1 Å². The van der Waals surface area contributed by atoms with Crippen LogP contribution in [0.4, 0.5) is 5.95 Å². The fourth-order valence-corrected chi connectivity index (χ4v) is 2.16. The molecular weight excluding hydrogens is 372 g/mol. The Kier molecular flexibility index (Phi) is 5.57. The second kappa shape index (κ2) is 8.26. The highest BCUT2D eigenvalue weighted by molar-refractivity contribution is 9.10. The van der Waals surface area contributed by atoms with Gasteiger partial charge in [0.1, 0.15) is 31.0 Å². The number of halogens is 1. The zero-order valence-electron chi connectivity index (χ0n) is 12.7. The number of rotatable bonds is 7. The molecule has 7 heteroatoms. The molecular formula is C17H15BrN4O2. The van der Waals surface area contributed by atoms with Gasteiger partial charge in [0.2, 0.25) is 5.95 Å². The van der Waals surface area contributed by atoms with Gasteiger partial charge in [0.15, 0.2) is 0 Å². The molecule has 0 saturated carbocycles. The number of nitrogens with one attached hydrogen (secondary N) is 1. The molecule has 1 heterocycles. The number of hydrogen-bond donors (Lipinski definition) is 1. The number of H-pyrrole nitrogens is 1. The van der Waals surface area contributed by atoms with E-state index in [1.54, 1.807) is 6.21 Å². The first-order valence-corrected chi connectivity index (χ1v) is 8.09. The maximum Gasteiger partial charge on any atom is 0.245 e. The lowest BCUT2D eigenvalue weighted by Gasteiger charge is -2.08. The number of ether oxygens (including phenoxy) is 2. The summed E-state index contributed by atoms with van der Waals surface area (Å²) in [6.45, 7) is 0.956. The molecule has 24 heavy (non-hydrogen) atoms. The first kappa shape index (κ1) is 16.2. The summed E-state index contributed by atoms with van der Waals surface area (Å²) in [4.78, 5) is 8.09. The van der Waals surface area contributed by atoms with Crippen LogP contribution in [0.1, 0.15) is 5.56 Å². The first-order chi connectivity index (χ1) is 11.8. The predicted octanol–water partition coefficient (Wildman–Crippen LogP) is 3.78. The van der Waals surface area contributed by atoms with Gasteiger partial charge < -0.3 is 9.47 Å². The van der Waals surface area contributed by atoms with Crippen molar-refractivity contribution < 1.29 is 9.47 Å². The van der Waals surface area contributed by atoms with Crippen LogP contribution in [0, 0.1) is 0 Å². The number of aromatic nitrogens is 3. The molecule has 0 aliphatic carbocycles. The van der Waals surface area contributed by atoms with Crippen molar-refractivity contribution in [3.63, 3.8) is 0 Å². The van der Waals surface area contributed by atoms with Gasteiger partial charge in [-0.15, -0.1) is 0 Å². The van der Waals surface area contributed by atoms with Crippen molar-refractivity contribution >= 4 is 28.1 Å². The summed E-state index contributed by atoms with van der Waals surface area (Å²) in [6.07, 6.45) is 3.13. The Bertz CT molecular complexity index is 771. The van der Waals surface area contributed by atoms with Crippen molar-refractivity contribution in [1.82, 2.24) is 15.2 Å². The van der Waals surface area contributed by atoms with Gasteiger partial charge in [0.05, 0.1) is 0 Å². The quantitative estimate of drug-likeness (QED) is 0.495. The Hall–Kier alpha value is -2.67. The van der Waals surface area contributed by atoms with Crippen molar-refractivity contribution in [2.45, 2.75) is 0 Å². The molecule has 3 rings (SSSR count). The van der Waals surface area contributed by atoms with Crippen LogP contribution in [0.3, 0.4) is 0 Å². The number of hydrogen-bond acceptors (Lipinski definition) is 5. The highest BCUT2D eigenvalue weighted by Gasteiger charge is 1.97. The topological polar surface area (TPSA) is 72.4 Å². The van der Waals surface area contributed by atoms with E-state index >= 15 is 0 Å². The van der Waals surface area contributed by atoms with E-state index in [-0.39, 0.29) is 0 Å². The van der Waals surface area contributed by atoms with Gasteiger partial charge in [-0.3, -0.25) is 0 Å². The minimum Gasteiger partial charge on any atom is -0.490 e. The zero-order chi connectivity index (χ0) is 16.6. The fourth-order valence-electron chi connectivity index (χ4n) is 1.90. The molecule has 0 aliphatic rings. The van der Waals surface area contributed by atoms with E-state index < -0.39 is 0 Å². The number of nitrogens with zero attached hydrogens (tertiary/aromatic N) is 3. The molecule has 3 aromatic rings. The Labute approximate surface area is 147 Å². The third kappa shape index (κ3) is 4.92. The molecule has 0 bridgehead atoms. The summed E-state index contributed by atoms with van der Waals surface area (Å²) in [6, 6.07) is 15.3. The minimum absolute atomic E-state index is 0.473. The predicted molar refractivity (Wildman–Crippen MR) is 95.2 cm³/mol. The molecule has 0 amide bonds. The normalized spacial score (nSPS) is 10.9. The number of aliphatic imine (C=N–C) groups is 1. The molecule has 0 atom stereocenters. The lowest BCUT2D eigenvalue weighted by atomic mass is 10.2. The largest absolute Gasteiger partial charge is 0.490 e. The van der Waals surface area contributed by atoms with Crippen LogP contribution < -0.4 is 9.47 Å². The summed E-state index contributed by atoms with van der Waals surface area (Å²) in [7, 11) is 0. The third-order valence-corrected chi connectivity index (χ3v) is 3.58. The molecule has 1 N–H and O–H groups in total. The van der Waals surface area contributed by atoms with Crippen LogP contribution in [0.5, 0.6) is 11.5 Å². The van der Waals surface area contributed by atoms with E-state index in [2.05, 4.69) is 36.1 Å². The molecule has 0 unspecified atom stereocenters. The summed E-state index contributed by atoms with van der Waals surface area (Å²) in [5, 5.41) is 6.40. The first-order valence-electron chi connectivity index (χ1n) is 7.30. The second-order valence-corrected chi connectivity index (χ2v) is 5.70. The van der Waals surface area contributed by atoms with E-state index in [1.165, 1.54) is 6.33 Å². The molecule has 0 saturated heterocycles. The van der Waals surface area contributed by atoms with Crippen LogP contribution in [-0.2, 0) is 0 Å². The van der Waals surface area contributed by atoms with Crippen LogP contribution in [0.25, 0.3) is 0 Å². The maximum absolute atomic E-state index is 5.65. The van der Waals surface area contributed by atoms with Crippen LogP contribution in [-0.4, -0.2) is 34.6 Å². The Morgan fingerprint density at radius 2 is 1.58 bits per heavy atom. The van der Waals surface area contributed by atoms with E-state index in [0.29, 0.717) is 19.2 Å². The van der Waals surface area contributed by atoms with Gasteiger partial charge in [-0.1, -0.05) is 15.9 Å². The highest BCUT2D eigenvalue weighted by Crippen LogP contribution is 2.16. The fraction of sp³-hybridized carbons (Fsp3) is 0.118. The SMILES string of the molecule is Brc1ccc(OCCOc2ccc(/C=N/c3ncn[nH]3)cc2)cc1. The van der Waals surface area contributed by atoms with Gasteiger partial charge in [0.25, 0.3) is 0 Å². The summed E-state index contributed by atoms with van der Waals surface area (Å²) < 4.78 is 12.3. The minimum atomic E-state index is 0.473. The van der Waals surface area contributed by atoms with Crippen molar-refractivity contribution in [2.24, 2.45) is 4.99 Å². The second-order valence-electron chi connectivity index (χ2n) is 4.79. The molecule has 122 valence electrons. The van der Waals surface area contributed by atoms with Crippen LogP contribution in [0.2, 0.25) is 0 Å². The summed E-state index contributed by atoms with van der Waals surface area (Å²) >= 11 is 3.39. The molecule has 1 aromatic heterocycles. The van der Waals surface area contributed by atoms with E-state index in [1.807, 2.05) is 48.5 Å². The summed E-state index contributed by atoms with van der Waals surface area (Å²) in [5.74, 6) is 2.08. The number of benzene rings is 2. The van der Waals surface area contributed by atoms with Crippen LogP contribution >= 0.6 is 15.9 Å². The average molecular weight is 387 g/mol. The van der Waals surface area contributed by atoms with Crippen molar-refractivity contribution in [2.75, 3.05) is 13.2 Å². The zero-order valence-corrected chi connectivity index (χ0v) is 14.3. The molecule has 0 spiro atoms. The van der Waals surface area contributed by atoms with Crippen LogP contribution in [0.15, 0.2) is 64.3 Å². The summed E-state index contributed by atoms with van der Waals surface area (Å²) in [5.41, 5.74) is 0.949. The standard InChI is InChI=1S/C17H15BrN4O2/c18-14-3-7-16(8-4-14)24-10-9-23-15-5-1-13(2-6-15)11-19-17-20-12-21-22-17/h1-8,11-12H,9-10H2,(H,20,21,22)/b19-11+. The van der Waals surface area contributed by atoms with Gasteiger partial charge in [-0.05, 0) is 54.1 Å². The Morgan fingerprint density at radius 3 is 2.17 bits per heavy atom. The molecule has 0 radical (unpaired) electrons. The highest BCUT2D eigenvalue weighted by atomic mass is 79.9. The Morgan fingerprint density at radius 1 is 0.958 bits per heavy atom. The average Bonchev–Trinajstić information content (AvgIpc) is 3.13. The Balaban J connectivity index is 1.43. The van der Waals surface area contributed by atoms with E-state index in [9.17, 15) is 0 Å². The molecule has 6 nitrogen and oxygen atoms in total. The monoisotopic (exact) mass is 386 g/mol. The van der Waals surface area contributed by atoms with Crippen molar-refractivity contribution in [1.29, 1.82) is 0 Å². The molecule has 0 aliphatic heterocycles. The lowest BCUT2D eigenvalue weighted by molar-refractivity contribution is 0.217. The van der Waals surface area contributed by atoms with Gasteiger partial charge >= 0.3 is 0 Å².